The Morgan fingerprint density at radius 3 is 2.81 bits per heavy atom. The number of aryl methyl sites for hydroxylation is 2. The fourth-order valence-corrected chi connectivity index (χ4v) is 1.69. The summed E-state index contributed by atoms with van der Waals surface area (Å²) in [6.45, 7) is 10.3. The van der Waals surface area contributed by atoms with Crippen LogP contribution in [-0.4, -0.2) is 21.0 Å². The molecule has 16 heavy (non-hydrogen) atoms. The second-order valence-electron chi connectivity index (χ2n) is 3.68. The van der Waals surface area contributed by atoms with Crippen molar-refractivity contribution in [2.45, 2.75) is 20.8 Å². The largest absolute Gasteiger partial charge is 0.492 e. The number of ether oxygens (including phenoxy) is 1. The van der Waals surface area contributed by atoms with E-state index in [0.717, 1.165) is 22.7 Å². The third kappa shape index (κ3) is 1.78. The Bertz CT molecular complexity index is 542. The quantitative estimate of drug-likeness (QED) is 0.741. The summed E-state index contributed by atoms with van der Waals surface area (Å²) in [5, 5.41) is 0. The summed E-state index contributed by atoms with van der Waals surface area (Å²) in [4.78, 5) is 8.81. The molecule has 0 aliphatic heterocycles. The van der Waals surface area contributed by atoms with Gasteiger partial charge < -0.3 is 9.14 Å². The average Bonchev–Trinajstić information content (AvgIpc) is 2.62. The van der Waals surface area contributed by atoms with Crippen molar-refractivity contribution in [2.24, 2.45) is 0 Å². The van der Waals surface area contributed by atoms with E-state index in [0.29, 0.717) is 12.4 Å². The first-order valence-electron chi connectivity index (χ1n) is 5.27. The third-order valence-corrected chi connectivity index (χ3v) is 2.33. The zero-order valence-electron chi connectivity index (χ0n) is 9.82. The predicted molar refractivity (Wildman–Crippen MR) is 63.1 cm³/mol. The Hall–Kier alpha value is -1.84. The summed E-state index contributed by atoms with van der Waals surface area (Å²) < 4.78 is 7.29. The minimum absolute atomic E-state index is 0.600. The Morgan fingerprint density at radius 1 is 1.38 bits per heavy atom. The van der Waals surface area contributed by atoms with E-state index in [1.807, 2.05) is 37.6 Å². The molecular formula is C12H15N3O. The van der Waals surface area contributed by atoms with Gasteiger partial charge in [-0.05, 0) is 20.8 Å². The molecule has 0 aliphatic carbocycles. The van der Waals surface area contributed by atoms with Crippen molar-refractivity contribution in [3.63, 3.8) is 0 Å². The van der Waals surface area contributed by atoms with E-state index in [4.69, 9.17) is 4.74 Å². The Kier molecular flexibility index (Phi) is 2.64. The van der Waals surface area contributed by atoms with E-state index in [2.05, 4.69) is 16.5 Å². The van der Waals surface area contributed by atoms with Gasteiger partial charge in [-0.2, -0.15) is 0 Å². The fraction of sp³-hybridized carbons (Fsp3) is 0.333. The van der Waals surface area contributed by atoms with Crippen LogP contribution in [0, 0.1) is 13.8 Å². The molecule has 0 aromatic carbocycles. The number of rotatable bonds is 3. The van der Waals surface area contributed by atoms with Gasteiger partial charge in [-0.1, -0.05) is 6.58 Å². The van der Waals surface area contributed by atoms with Gasteiger partial charge in [0.05, 0.1) is 18.0 Å². The molecule has 0 bridgehead atoms. The lowest BCUT2D eigenvalue weighted by atomic mass is 10.4. The summed E-state index contributed by atoms with van der Waals surface area (Å²) >= 11 is 0. The van der Waals surface area contributed by atoms with Crippen LogP contribution in [0.3, 0.4) is 0 Å². The van der Waals surface area contributed by atoms with Crippen molar-refractivity contribution in [2.75, 3.05) is 6.61 Å². The van der Waals surface area contributed by atoms with E-state index in [1.165, 1.54) is 0 Å². The van der Waals surface area contributed by atoms with Crippen LogP contribution in [0.4, 0.5) is 0 Å². The van der Waals surface area contributed by atoms with Crippen molar-refractivity contribution < 1.29 is 4.74 Å². The zero-order valence-corrected chi connectivity index (χ0v) is 9.82. The minimum Gasteiger partial charge on any atom is -0.492 e. The van der Waals surface area contributed by atoms with E-state index < -0.39 is 0 Å². The smallest absolute Gasteiger partial charge is 0.159 e. The maximum Gasteiger partial charge on any atom is 0.159 e. The lowest BCUT2D eigenvalue weighted by Gasteiger charge is -2.01. The van der Waals surface area contributed by atoms with E-state index in [1.54, 1.807) is 0 Å². The molecule has 0 saturated heterocycles. The SMILES string of the molecule is C=C(OCC)c1cn2cc(C)nc(C)c2n1. The van der Waals surface area contributed by atoms with Gasteiger partial charge in [-0.3, -0.25) is 4.98 Å². The Morgan fingerprint density at radius 2 is 2.12 bits per heavy atom. The zero-order chi connectivity index (χ0) is 11.7. The molecule has 0 unspecified atom stereocenters. The molecule has 0 aliphatic rings. The van der Waals surface area contributed by atoms with Gasteiger partial charge in [0.1, 0.15) is 11.5 Å². The summed E-state index contributed by atoms with van der Waals surface area (Å²) in [6, 6.07) is 0. The maximum absolute atomic E-state index is 5.34. The van der Waals surface area contributed by atoms with Gasteiger partial charge in [0, 0.05) is 12.4 Å². The van der Waals surface area contributed by atoms with Crippen LogP contribution in [0.2, 0.25) is 0 Å². The molecule has 2 aromatic heterocycles. The number of nitrogens with zero attached hydrogens (tertiary/aromatic N) is 3. The van der Waals surface area contributed by atoms with Gasteiger partial charge in [0.25, 0.3) is 0 Å². The van der Waals surface area contributed by atoms with Gasteiger partial charge in [0.15, 0.2) is 5.65 Å². The first kappa shape index (κ1) is 10.7. The molecule has 4 nitrogen and oxygen atoms in total. The lowest BCUT2D eigenvalue weighted by molar-refractivity contribution is 0.298. The topological polar surface area (TPSA) is 39.4 Å². The van der Waals surface area contributed by atoms with Crippen LogP contribution in [0.5, 0.6) is 0 Å². The molecule has 4 heteroatoms. The highest BCUT2D eigenvalue weighted by atomic mass is 16.5. The number of hydrogen-bond donors (Lipinski definition) is 0. The average molecular weight is 217 g/mol. The molecule has 0 spiro atoms. The molecular weight excluding hydrogens is 202 g/mol. The van der Waals surface area contributed by atoms with E-state index in [9.17, 15) is 0 Å². The van der Waals surface area contributed by atoms with Crippen LogP contribution in [0.25, 0.3) is 11.4 Å². The highest BCUT2D eigenvalue weighted by Gasteiger charge is 2.08. The molecule has 2 aromatic rings. The standard InChI is InChI=1S/C12H15N3O/c1-5-16-10(4)11-7-15-6-8(2)13-9(3)12(15)14-11/h6-7H,4-5H2,1-3H3. The maximum atomic E-state index is 5.34. The number of imidazole rings is 1. The summed E-state index contributed by atoms with van der Waals surface area (Å²) in [6.07, 6.45) is 3.85. The van der Waals surface area contributed by atoms with Crippen LogP contribution >= 0.6 is 0 Å². The Balaban J connectivity index is 2.51. The number of hydrogen-bond acceptors (Lipinski definition) is 3. The minimum atomic E-state index is 0.600. The summed E-state index contributed by atoms with van der Waals surface area (Å²) in [5.74, 6) is 0.600. The summed E-state index contributed by atoms with van der Waals surface area (Å²) in [5.41, 5.74) is 3.49. The van der Waals surface area contributed by atoms with Gasteiger partial charge in [0.2, 0.25) is 0 Å². The van der Waals surface area contributed by atoms with Crippen molar-refractivity contribution in [1.29, 1.82) is 0 Å². The van der Waals surface area contributed by atoms with Crippen molar-refractivity contribution in [3.8, 4) is 0 Å². The lowest BCUT2D eigenvalue weighted by Crippen LogP contribution is -1.93. The first-order chi connectivity index (χ1) is 7.61. The van der Waals surface area contributed by atoms with E-state index >= 15 is 0 Å². The highest BCUT2D eigenvalue weighted by molar-refractivity contribution is 5.58. The van der Waals surface area contributed by atoms with Crippen LogP contribution < -0.4 is 0 Å². The van der Waals surface area contributed by atoms with E-state index in [-0.39, 0.29) is 0 Å². The highest BCUT2D eigenvalue weighted by Crippen LogP contribution is 2.16. The molecule has 0 saturated carbocycles. The van der Waals surface area contributed by atoms with Crippen LogP contribution in [-0.2, 0) is 4.74 Å². The monoisotopic (exact) mass is 217 g/mol. The van der Waals surface area contributed by atoms with Gasteiger partial charge in [-0.25, -0.2) is 4.98 Å². The fourth-order valence-electron chi connectivity index (χ4n) is 1.69. The van der Waals surface area contributed by atoms with Crippen molar-refractivity contribution in [3.05, 3.63) is 36.1 Å². The molecule has 0 N–H and O–H groups in total. The number of aromatic nitrogens is 3. The molecule has 2 heterocycles. The van der Waals surface area contributed by atoms with Gasteiger partial charge >= 0.3 is 0 Å². The molecule has 0 atom stereocenters. The molecule has 84 valence electrons. The predicted octanol–water partition coefficient (Wildman–Crippen LogP) is 2.35. The normalized spacial score (nSPS) is 10.7. The number of fused-ring (bicyclic) bond motifs is 1. The molecule has 0 radical (unpaired) electrons. The second kappa shape index (κ2) is 3.96. The summed E-state index contributed by atoms with van der Waals surface area (Å²) in [7, 11) is 0. The van der Waals surface area contributed by atoms with Crippen LogP contribution in [0.15, 0.2) is 19.0 Å². The van der Waals surface area contributed by atoms with Crippen molar-refractivity contribution in [1.82, 2.24) is 14.4 Å². The Labute approximate surface area is 94.6 Å². The van der Waals surface area contributed by atoms with Crippen molar-refractivity contribution >= 4 is 11.4 Å². The first-order valence-corrected chi connectivity index (χ1v) is 5.27. The second-order valence-corrected chi connectivity index (χ2v) is 3.68. The molecule has 2 rings (SSSR count). The molecule has 0 fully saturated rings. The van der Waals surface area contributed by atoms with Gasteiger partial charge in [-0.15, -0.1) is 0 Å². The third-order valence-electron chi connectivity index (χ3n) is 2.33. The van der Waals surface area contributed by atoms with Crippen LogP contribution in [0.1, 0.15) is 24.0 Å². The molecule has 0 amide bonds.